The van der Waals surface area contributed by atoms with Crippen molar-refractivity contribution in [2.45, 2.75) is 12.3 Å². The summed E-state index contributed by atoms with van der Waals surface area (Å²) in [5.74, 6) is 0.599. The molecular formula is C13H13NS. The van der Waals surface area contributed by atoms with Crippen molar-refractivity contribution in [1.82, 2.24) is 0 Å². The molecule has 1 atom stereocenters. The molecule has 0 spiro atoms. The van der Waals surface area contributed by atoms with Gasteiger partial charge in [0.05, 0.1) is 0 Å². The first-order valence-corrected chi connectivity index (χ1v) is 6.19. The van der Waals surface area contributed by atoms with Gasteiger partial charge in [-0.3, -0.25) is 0 Å². The van der Waals surface area contributed by atoms with Gasteiger partial charge in [-0.25, -0.2) is 0 Å². The molecule has 1 aliphatic rings. The fourth-order valence-corrected chi connectivity index (χ4v) is 3.13. The van der Waals surface area contributed by atoms with Gasteiger partial charge in [-0.1, -0.05) is 24.3 Å². The van der Waals surface area contributed by atoms with Crippen LogP contribution in [0.1, 0.15) is 22.8 Å². The minimum atomic E-state index is 0.599. The highest BCUT2D eigenvalue weighted by molar-refractivity contribution is 7.10. The molecule has 0 aliphatic carbocycles. The van der Waals surface area contributed by atoms with Crippen LogP contribution in [0, 0.1) is 0 Å². The van der Waals surface area contributed by atoms with Crippen molar-refractivity contribution in [3.63, 3.8) is 0 Å². The third-order valence-electron chi connectivity index (χ3n) is 2.97. The number of thiophene rings is 1. The Morgan fingerprint density at radius 3 is 2.93 bits per heavy atom. The van der Waals surface area contributed by atoms with Gasteiger partial charge in [-0.15, -0.1) is 11.3 Å². The number of nitrogens with one attached hydrogen (secondary N) is 1. The van der Waals surface area contributed by atoms with Crippen LogP contribution in [0.4, 0.5) is 5.69 Å². The maximum Gasteiger partial charge on any atom is 0.0379 e. The molecule has 0 amide bonds. The van der Waals surface area contributed by atoms with E-state index >= 15 is 0 Å². The molecular weight excluding hydrogens is 202 g/mol. The van der Waals surface area contributed by atoms with Gasteiger partial charge in [-0.05, 0) is 29.5 Å². The van der Waals surface area contributed by atoms with Crippen molar-refractivity contribution >= 4 is 17.0 Å². The Labute approximate surface area is 93.8 Å². The lowest BCUT2D eigenvalue weighted by Gasteiger charge is -2.25. The van der Waals surface area contributed by atoms with Gasteiger partial charge < -0.3 is 5.32 Å². The van der Waals surface area contributed by atoms with Crippen LogP contribution in [-0.4, -0.2) is 6.54 Å². The average molecular weight is 215 g/mol. The molecule has 15 heavy (non-hydrogen) atoms. The van der Waals surface area contributed by atoms with E-state index in [4.69, 9.17) is 0 Å². The Morgan fingerprint density at radius 1 is 1.13 bits per heavy atom. The van der Waals surface area contributed by atoms with Crippen LogP contribution in [0.2, 0.25) is 0 Å². The summed E-state index contributed by atoms with van der Waals surface area (Å²) in [5.41, 5.74) is 2.76. The zero-order valence-corrected chi connectivity index (χ0v) is 9.26. The van der Waals surface area contributed by atoms with E-state index in [-0.39, 0.29) is 0 Å². The fourth-order valence-electron chi connectivity index (χ4n) is 2.25. The van der Waals surface area contributed by atoms with E-state index in [1.54, 1.807) is 0 Å². The van der Waals surface area contributed by atoms with Gasteiger partial charge in [0, 0.05) is 23.0 Å². The van der Waals surface area contributed by atoms with Crippen molar-refractivity contribution < 1.29 is 0 Å². The summed E-state index contributed by atoms with van der Waals surface area (Å²) in [6.07, 6.45) is 1.21. The molecule has 2 heterocycles. The van der Waals surface area contributed by atoms with Crippen LogP contribution in [0.15, 0.2) is 41.8 Å². The summed E-state index contributed by atoms with van der Waals surface area (Å²) < 4.78 is 0. The first kappa shape index (κ1) is 8.98. The van der Waals surface area contributed by atoms with E-state index in [9.17, 15) is 0 Å². The number of anilines is 1. The molecule has 1 N–H and O–H groups in total. The van der Waals surface area contributed by atoms with Crippen LogP contribution >= 0.6 is 11.3 Å². The molecule has 1 aromatic carbocycles. The quantitative estimate of drug-likeness (QED) is 0.765. The summed E-state index contributed by atoms with van der Waals surface area (Å²) >= 11 is 1.87. The fraction of sp³-hybridized carbons (Fsp3) is 0.231. The van der Waals surface area contributed by atoms with Gasteiger partial charge in [0.25, 0.3) is 0 Å². The maximum absolute atomic E-state index is 3.46. The number of rotatable bonds is 1. The van der Waals surface area contributed by atoms with Crippen LogP contribution in [0.25, 0.3) is 0 Å². The van der Waals surface area contributed by atoms with Crippen LogP contribution in [0.3, 0.4) is 0 Å². The first-order valence-electron chi connectivity index (χ1n) is 5.31. The van der Waals surface area contributed by atoms with Gasteiger partial charge in [-0.2, -0.15) is 0 Å². The van der Waals surface area contributed by atoms with Crippen molar-refractivity contribution in [1.29, 1.82) is 0 Å². The predicted molar refractivity (Wildman–Crippen MR) is 65.7 cm³/mol. The van der Waals surface area contributed by atoms with Crippen molar-refractivity contribution in [2.75, 3.05) is 11.9 Å². The number of para-hydroxylation sites is 1. The largest absolute Gasteiger partial charge is 0.385 e. The number of fused-ring (bicyclic) bond motifs is 1. The Hall–Kier alpha value is -1.28. The third-order valence-corrected chi connectivity index (χ3v) is 3.96. The highest BCUT2D eigenvalue weighted by atomic mass is 32.1. The zero-order valence-electron chi connectivity index (χ0n) is 8.44. The average Bonchev–Trinajstić information content (AvgIpc) is 2.82. The molecule has 1 unspecified atom stereocenters. The summed E-state index contributed by atoms with van der Waals surface area (Å²) in [5, 5.41) is 5.63. The molecule has 0 fully saturated rings. The molecule has 76 valence electrons. The maximum atomic E-state index is 3.46. The smallest absolute Gasteiger partial charge is 0.0379 e. The lowest BCUT2D eigenvalue weighted by molar-refractivity contribution is 0.731. The van der Waals surface area contributed by atoms with Gasteiger partial charge in [0.2, 0.25) is 0 Å². The van der Waals surface area contributed by atoms with Crippen molar-refractivity contribution in [3.8, 4) is 0 Å². The van der Waals surface area contributed by atoms with E-state index in [0.29, 0.717) is 5.92 Å². The van der Waals surface area contributed by atoms with Crippen LogP contribution in [-0.2, 0) is 0 Å². The molecule has 2 aromatic rings. The Kier molecular flexibility index (Phi) is 2.22. The number of hydrogen-bond acceptors (Lipinski definition) is 2. The topological polar surface area (TPSA) is 12.0 Å². The summed E-state index contributed by atoms with van der Waals surface area (Å²) in [6, 6.07) is 13.0. The second-order valence-corrected chi connectivity index (χ2v) is 4.85. The molecule has 2 heteroatoms. The van der Waals surface area contributed by atoms with Crippen LogP contribution in [0.5, 0.6) is 0 Å². The SMILES string of the molecule is c1csc(C2CCNc3ccccc32)c1. The Bertz CT molecular complexity index is 447. The second kappa shape index (κ2) is 3.70. The van der Waals surface area contributed by atoms with Crippen LogP contribution < -0.4 is 5.32 Å². The lowest BCUT2D eigenvalue weighted by atomic mass is 9.90. The minimum absolute atomic E-state index is 0.599. The minimum Gasteiger partial charge on any atom is -0.385 e. The van der Waals surface area contributed by atoms with Gasteiger partial charge >= 0.3 is 0 Å². The third kappa shape index (κ3) is 1.55. The second-order valence-electron chi connectivity index (χ2n) is 3.87. The number of benzene rings is 1. The Morgan fingerprint density at radius 2 is 2.07 bits per heavy atom. The highest BCUT2D eigenvalue weighted by Crippen LogP contribution is 2.37. The molecule has 1 aromatic heterocycles. The van der Waals surface area contributed by atoms with Gasteiger partial charge in [0.15, 0.2) is 0 Å². The molecule has 0 radical (unpaired) electrons. The summed E-state index contributed by atoms with van der Waals surface area (Å²) in [4.78, 5) is 1.49. The molecule has 3 rings (SSSR count). The standard InChI is InChI=1S/C13H13NS/c1-2-5-12-10(4-1)11(7-8-14-12)13-6-3-9-15-13/h1-6,9,11,14H,7-8H2. The molecule has 0 saturated carbocycles. The van der Waals surface area contributed by atoms with E-state index in [1.807, 2.05) is 11.3 Å². The van der Waals surface area contributed by atoms with Crippen molar-refractivity contribution in [3.05, 3.63) is 52.2 Å². The molecule has 0 bridgehead atoms. The lowest BCUT2D eigenvalue weighted by Crippen LogP contribution is -2.16. The Balaban J connectivity index is 2.06. The normalized spacial score (nSPS) is 19.3. The van der Waals surface area contributed by atoms with Crippen molar-refractivity contribution in [2.24, 2.45) is 0 Å². The summed E-state index contributed by atoms with van der Waals surface area (Å²) in [6.45, 7) is 1.08. The van der Waals surface area contributed by atoms with E-state index in [0.717, 1.165) is 6.54 Å². The first-order chi connectivity index (χ1) is 7.45. The molecule has 1 nitrogen and oxygen atoms in total. The zero-order chi connectivity index (χ0) is 10.1. The summed E-state index contributed by atoms with van der Waals surface area (Å²) in [7, 11) is 0. The molecule has 0 saturated heterocycles. The predicted octanol–water partition coefficient (Wildman–Crippen LogP) is 3.70. The monoisotopic (exact) mass is 215 g/mol. The number of hydrogen-bond donors (Lipinski definition) is 1. The van der Waals surface area contributed by atoms with E-state index in [2.05, 4.69) is 47.1 Å². The van der Waals surface area contributed by atoms with E-state index < -0.39 is 0 Å². The highest BCUT2D eigenvalue weighted by Gasteiger charge is 2.21. The van der Waals surface area contributed by atoms with E-state index in [1.165, 1.54) is 22.5 Å². The molecule has 1 aliphatic heterocycles. The van der Waals surface area contributed by atoms with Gasteiger partial charge in [0.1, 0.15) is 0 Å².